The van der Waals surface area contributed by atoms with Crippen LogP contribution in [0.3, 0.4) is 0 Å². The minimum Gasteiger partial charge on any atom is -0.493 e. The molecule has 0 N–H and O–H groups in total. The first kappa shape index (κ1) is 23.6. The molecule has 4 aromatic rings. The summed E-state index contributed by atoms with van der Waals surface area (Å²) in [4.78, 5) is 4.77. The average Bonchev–Trinajstić information content (AvgIpc) is 3.33. The molecule has 0 spiro atoms. The zero-order valence-corrected chi connectivity index (χ0v) is 19.9. The number of methoxy groups -OCH3 is 2. The van der Waals surface area contributed by atoms with Gasteiger partial charge in [-0.15, -0.1) is 0 Å². The molecule has 0 aliphatic rings. The Kier molecular flexibility index (Phi) is 8.36. The lowest BCUT2D eigenvalue weighted by atomic mass is 10.0. The lowest BCUT2D eigenvalue weighted by molar-refractivity contribution is 0.116. The first-order valence-electron chi connectivity index (χ1n) is 11.7. The maximum Gasteiger partial charge on any atom is 0.161 e. The van der Waals surface area contributed by atoms with Crippen LogP contribution in [0, 0.1) is 0 Å². The van der Waals surface area contributed by atoms with Gasteiger partial charge in [0.2, 0.25) is 0 Å². The predicted octanol–water partition coefficient (Wildman–Crippen LogP) is 6.62. The number of benzene rings is 3. The molecular weight excluding hydrogens is 424 g/mol. The van der Waals surface area contributed by atoms with Crippen molar-refractivity contribution in [3.63, 3.8) is 0 Å². The van der Waals surface area contributed by atoms with E-state index in [0.717, 1.165) is 60.7 Å². The monoisotopic (exact) mass is 456 g/mol. The SMILES string of the molecule is COc1ccc(COCCCCCn2cnc(-c3ccccc3)c2-c2ccccc2)cc1OC. The molecule has 0 saturated carbocycles. The molecule has 0 atom stereocenters. The maximum atomic E-state index is 5.88. The molecule has 0 amide bonds. The molecule has 1 heterocycles. The van der Waals surface area contributed by atoms with Gasteiger partial charge < -0.3 is 18.8 Å². The molecule has 4 rings (SSSR count). The van der Waals surface area contributed by atoms with Crippen LogP contribution >= 0.6 is 0 Å². The van der Waals surface area contributed by atoms with Crippen molar-refractivity contribution in [3.05, 3.63) is 90.8 Å². The van der Waals surface area contributed by atoms with Crippen LogP contribution in [0.25, 0.3) is 22.5 Å². The van der Waals surface area contributed by atoms with Crippen molar-refractivity contribution in [2.24, 2.45) is 0 Å². The van der Waals surface area contributed by atoms with E-state index in [2.05, 4.69) is 59.2 Å². The molecule has 34 heavy (non-hydrogen) atoms. The lowest BCUT2D eigenvalue weighted by Crippen LogP contribution is -2.01. The first-order valence-corrected chi connectivity index (χ1v) is 11.7. The third-order valence-electron chi connectivity index (χ3n) is 5.84. The Morgan fingerprint density at radius 1 is 0.735 bits per heavy atom. The van der Waals surface area contributed by atoms with Crippen molar-refractivity contribution in [2.75, 3.05) is 20.8 Å². The number of nitrogens with zero attached hydrogens (tertiary/aromatic N) is 2. The molecule has 1 aromatic heterocycles. The molecule has 3 aromatic carbocycles. The Morgan fingerprint density at radius 2 is 1.44 bits per heavy atom. The molecule has 0 radical (unpaired) electrons. The quantitative estimate of drug-likeness (QED) is 0.225. The van der Waals surface area contributed by atoms with Gasteiger partial charge in [0, 0.05) is 24.3 Å². The fourth-order valence-electron chi connectivity index (χ4n) is 4.08. The topological polar surface area (TPSA) is 45.5 Å². The zero-order chi connectivity index (χ0) is 23.6. The van der Waals surface area contributed by atoms with Gasteiger partial charge in [-0.2, -0.15) is 0 Å². The number of aryl methyl sites for hydroxylation is 1. The van der Waals surface area contributed by atoms with E-state index in [1.54, 1.807) is 14.2 Å². The van der Waals surface area contributed by atoms with Crippen LogP contribution in [0.4, 0.5) is 0 Å². The Balaban J connectivity index is 1.29. The number of rotatable bonds is 12. The summed E-state index contributed by atoms with van der Waals surface area (Å²) in [5.41, 5.74) is 5.62. The fourth-order valence-corrected chi connectivity index (χ4v) is 4.08. The summed E-state index contributed by atoms with van der Waals surface area (Å²) in [5, 5.41) is 0. The second kappa shape index (κ2) is 12.1. The van der Waals surface area contributed by atoms with Gasteiger partial charge in [-0.25, -0.2) is 4.98 Å². The smallest absolute Gasteiger partial charge is 0.161 e. The molecular formula is C29H32N2O3. The second-order valence-electron chi connectivity index (χ2n) is 8.17. The highest BCUT2D eigenvalue weighted by Gasteiger charge is 2.14. The number of imidazole rings is 1. The van der Waals surface area contributed by atoms with Crippen LogP contribution < -0.4 is 9.47 Å². The Bertz CT molecular complexity index is 1160. The van der Waals surface area contributed by atoms with E-state index >= 15 is 0 Å². The summed E-state index contributed by atoms with van der Waals surface area (Å²) >= 11 is 0. The van der Waals surface area contributed by atoms with Crippen LogP contribution in [0.15, 0.2) is 85.2 Å². The van der Waals surface area contributed by atoms with Crippen LogP contribution in [0.5, 0.6) is 11.5 Å². The van der Waals surface area contributed by atoms with E-state index in [-0.39, 0.29) is 0 Å². The Hall–Kier alpha value is -3.57. The number of aromatic nitrogens is 2. The molecule has 0 saturated heterocycles. The normalized spacial score (nSPS) is 10.9. The molecule has 0 unspecified atom stereocenters. The van der Waals surface area contributed by atoms with E-state index in [9.17, 15) is 0 Å². The Labute approximate surface area is 202 Å². The third-order valence-corrected chi connectivity index (χ3v) is 5.84. The van der Waals surface area contributed by atoms with Crippen LogP contribution in [-0.2, 0) is 17.9 Å². The van der Waals surface area contributed by atoms with Gasteiger partial charge in [0.1, 0.15) is 0 Å². The van der Waals surface area contributed by atoms with Gasteiger partial charge in [-0.05, 0) is 37.0 Å². The largest absolute Gasteiger partial charge is 0.493 e. The summed E-state index contributed by atoms with van der Waals surface area (Å²) in [6.07, 6.45) is 5.16. The maximum absolute atomic E-state index is 5.88. The van der Waals surface area contributed by atoms with Crippen molar-refractivity contribution >= 4 is 0 Å². The number of hydrogen-bond donors (Lipinski definition) is 0. The van der Waals surface area contributed by atoms with Crippen molar-refractivity contribution in [2.45, 2.75) is 32.4 Å². The first-order chi connectivity index (χ1) is 16.8. The van der Waals surface area contributed by atoms with E-state index < -0.39 is 0 Å². The van der Waals surface area contributed by atoms with E-state index in [1.807, 2.05) is 30.6 Å². The molecule has 0 bridgehead atoms. The molecule has 176 valence electrons. The highest BCUT2D eigenvalue weighted by Crippen LogP contribution is 2.31. The van der Waals surface area contributed by atoms with E-state index in [1.165, 1.54) is 11.3 Å². The molecule has 0 aliphatic heterocycles. The number of unbranched alkanes of at least 4 members (excludes halogenated alkanes) is 2. The standard InChI is InChI=1S/C29H32N2O3/c1-32-26-17-16-23(20-27(26)33-2)21-34-19-11-5-10-18-31-22-30-28(24-12-6-3-7-13-24)29(31)25-14-8-4-9-15-25/h3-4,6-9,12-17,20,22H,5,10-11,18-19,21H2,1-2H3. The van der Waals surface area contributed by atoms with Gasteiger partial charge in [0.15, 0.2) is 11.5 Å². The van der Waals surface area contributed by atoms with Gasteiger partial charge in [-0.1, -0.05) is 66.7 Å². The van der Waals surface area contributed by atoms with Gasteiger partial charge >= 0.3 is 0 Å². The summed E-state index contributed by atoms with van der Waals surface area (Å²) in [5.74, 6) is 1.46. The van der Waals surface area contributed by atoms with Gasteiger partial charge in [0.25, 0.3) is 0 Å². The average molecular weight is 457 g/mol. The van der Waals surface area contributed by atoms with E-state index in [0.29, 0.717) is 6.61 Å². The minimum absolute atomic E-state index is 0.570. The highest BCUT2D eigenvalue weighted by atomic mass is 16.5. The number of hydrogen-bond acceptors (Lipinski definition) is 4. The predicted molar refractivity (Wildman–Crippen MR) is 136 cm³/mol. The fraction of sp³-hybridized carbons (Fsp3) is 0.276. The minimum atomic E-state index is 0.570. The van der Waals surface area contributed by atoms with Crippen molar-refractivity contribution < 1.29 is 14.2 Å². The van der Waals surface area contributed by atoms with Crippen LogP contribution in [0.2, 0.25) is 0 Å². The third kappa shape index (κ3) is 5.86. The highest BCUT2D eigenvalue weighted by molar-refractivity contribution is 5.78. The molecule has 5 heteroatoms. The number of ether oxygens (including phenoxy) is 3. The van der Waals surface area contributed by atoms with Crippen LogP contribution in [0.1, 0.15) is 24.8 Å². The van der Waals surface area contributed by atoms with Gasteiger partial charge in [0.05, 0.1) is 38.5 Å². The summed E-state index contributed by atoms with van der Waals surface area (Å²) in [7, 11) is 3.29. The van der Waals surface area contributed by atoms with Gasteiger partial charge in [-0.3, -0.25) is 0 Å². The van der Waals surface area contributed by atoms with Crippen molar-refractivity contribution in [1.82, 2.24) is 9.55 Å². The molecule has 5 nitrogen and oxygen atoms in total. The molecule has 0 aliphatic carbocycles. The van der Waals surface area contributed by atoms with Crippen molar-refractivity contribution in [1.29, 1.82) is 0 Å². The van der Waals surface area contributed by atoms with Crippen molar-refractivity contribution in [3.8, 4) is 34.0 Å². The Morgan fingerprint density at radius 3 is 2.15 bits per heavy atom. The van der Waals surface area contributed by atoms with Crippen LogP contribution in [-0.4, -0.2) is 30.4 Å². The zero-order valence-electron chi connectivity index (χ0n) is 19.9. The summed E-state index contributed by atoms with van der Waals surface area (Å²) < 4.78 is 18.8. The second-order valence-corrected chi connectivity index (χ2v) is 8.17. The summed E-state index contributed by atoms with van der Waals surface area (Å²) in [6, 6.07) is 26.8. The lowest BCUT2D eigenvalue weighted by Gasteiger charge is -2.11. The summed E-state index contributed by atoms with van der Waals surface area (Å²) in [6.45, 7) is 2.24. The van der Waals surface area contributed by atoms with E-state index in [4.69, 9.17) is 19.2 Å². The molecule has 0 fully saturated rings.